The molecule has 1 fully saturated rings. The number of aliphatic hydroxyl groups excluding tert-OH is 1. The van der Waals surface area contributed by atoms with Gasteiger partial charge in [-0.25, -0.2) is 0 Å². The van der Waals surface area contributed by atoms with Crippen LogP contribution in [0.5, 0.6) is 0 Å². The fourth-order valence-electron chi connectivity index (χ4n) is 3.27. The lowest BCUT2D eigenvalue weighted by Gasteiger charge is -2.43. The molecule has 5 heteroatoms. The molecule has 1 aliphatic heterocycles. The molecule has 0 bridgehead atoms. The van der Waals surface area contributed by atoms with Gasteiger partial charge in [-0.05, 0) is 50.5 Å². The molecule has 5 nitrogen and oxygen atoms in total. The summed E-state index contributed by atoms with van der Waals surface area (Å²) in [5.41, 5.74) is 0. The van der Waals surface area contributed by atoms with Crippen LogP contribution in [0.15, 0.2) is 11.8 Å². The third-order valence-electron chi connectivity index (χ3n) is 4.60. The molecule has 120 valence electrons. The van der Waals surface area contributed by atoms with Crippen molar-refractivity contribution in [3.63, 3.8) is 0 Å². The van der Waals surface area contributed by atoms with E-state index in [-0.39, 0.29) is 24.7 Å². The third-order valence-corrected chi connectivity index (χ3v) is 4.60. The summed E-state index contributed by atoms with van der Waals surface area (Å²) < 4.78 is 11.5. The van der Waals surface area contributed by atoms with Gasteiger partial charge in [-0.3, -0.25) is 4.79 Å². The average molecular weight is 297 g/mol. The Hall–Kier alpha value is -1.07. The maximum atomic E-state index is 11.9. The summed E-state index contributed by atoms with van der Waals surface area (Å²) in [5.74, 6) is 1.33. The molecule has 0 aromatic rings. The van der Waals surface area contributed by atoms with E-state index in [1.54, 1.807) is 7.05 Å². The van der Waals surface area contributed by atoms with Crippen molar-refractivity contribution >= 4 is 5.91 Å². The van der Waals surface area contributed by atoms with Gasteiger partial charge in [0, 0.05) is 26.2 Å². The molecule has 1 heterocycles. The summed E-state index contributed by atoms with van der Waals surface area (Å²) in [7, 11) is 1.61. The Morgan fingerprint density at radius 2 is 2.29 bits per heavy atom. The average Bonchev–Trinajstić information content (AvgIpc) is 2.43. The molecule has 2 rings (SSSR count). The van der Waals surface area contributed by atoms with Crippen LogP contribution in [0.2, 0.25) is 0 Å². The van der Waals surface area contributed by atoms with Crippen molar-refractivity contribution in [1.29, 1.82) is 0 Å². The van der Waals surface area contributed by atoms with Crippen LogP contribution in [0.1, 0.15) is 39.0 Å². The lowest BCUT2D eigenvalue weighted by atomic mass is 9.68. The van der Waals surface area contributed by atoms with Gasteiger partial charge in [-0.2, -0.15) is 0 Å². The highest BCUT2D eigenvalue weighted by Gasteiger charge is 2.41. The quantitative estimate of drug-likeness (QED) is 0.752. The van der Waals surface area contributed by atoms with Crippen LogP contribution >= 0.6 is 0 Å². The summed E-state index contributed by atoms with van der Waals surface area (Å²) >= 11 is 0. The number of allylic oxidation sites excluding steroid dienone is 1. The molecule has 0 unspecified atom stereocenters. The topological polar surface area (TPSA) is 67.8 Å². The molecule has 2 aliphatic rings. The maximum absolute atomic E-state index is 11.9. The molecule has 0 aromatic heterocycles. The van der Waals surface area contributed by atoms with Crippen LogP contribution in [-0.4, -0.2) is 37.6 Å². The van der Waals surface area contributed by atoms with E-state index in [4.69, 9.17) is 14.6 Å². The van der Waals surface area contributed by atoms with E-state index in [0.717, 1.165) is 12.8 Å². The first-order valence-electron chi connectivity index (χ1n) is 8.04. The molecule has 21 heavy (non-hydrogen) atoms. The molecule has 0 aromatic carbocycles. The van der Waals surface area contributed by atoms with E-state index >= 15 is 0 Å². The number of aliphatic hydroxyl groups is 1. The van der Waals surface area contributed by atoms with Crippen molar-refractivity contribution in [2.24, 2.45) is 17.8 Å². The molecule has 0 saturated heterocycles. The Morgan fingerprint density at radius 3 is 2.81 bits per heavy atom. The lowest BCUT2D eigenvalue weighted by Crippen LogP contribution is -2.42. The predicted octanol–water partition coefficient (Wildman–Crippen LogP) is 1.81. The SMILES string of the molecule is CCO[C@@H]1OC(C(=O)NC)=C[C@H](C2CCC2)[C@@H]1CCCO. The summed E-state index contributed by atoms with van der Waals surface area (Å²) in [4.78, 5) is 11.9. The second-order valence-electron chi connectivity index (χ2n) is 5.85. The second-order valence-corrected chi connectivity index (χ2v) is 5.85. The maximum Gasteiger partial charge on any atom is 0.285 e. The van der Waals surface area contributed by atoms with Crippen molar-refractivity contribution in [3.8, 4) is 0 Å². The highest BCUT2D eigenvalue weighted by Crippen LogP contribution is 2.44. The zero-order valence-electron chi connectivity index (χ0n) is 13.0. The van der Waals surface area contributed by atoms with Crippen LogP contribution in [0.4, 0.5) is 0 Å². The Morgan fingerprint density at radius 1 is 1.52 bits per heavy atom. The Labute approximate surface area is 126 Å². The number of amides is 1. The Bertz CT molecular complexity index is 378. The second kappa shape index (κ2) is 7.80. The molecule has 1 saturated carbocycles. The van der Waals surface area contributed by atoms with Crippen molar-refractivity contribution < 1.29 is 19.4 Å². The summed E-state index contributed by atoms with van der Waals surface area (Å²) in [6, 6.07) is 0. The first kappa shape index (κ1) is 16.3. The van der Waals surface area contributed by atoms with E-state index in [0.29, 0.717) is 24.2 Å². The van der Waals surface area contributed by atoms with Gasteiger partial charge >= 0.3 is 0 Å². The Balaban J connectivity index is 2.20. The van der Waals surface area contributed by atoms with Gasteiger partial charge in [0.05, 0.1) is 0 Å². The van der Waals surface area contributed by atoms with Crippen LogP contribution in [0.3, 0.4) is 0 Å². The largest absolute Gasteiger partial charge is 0.459 e. The van der Waals surface area contributed by atoms with Gasteiger partial charge in [0.25, 0.3) is 5.91 Å². The first-order valence-corrected chi connectivity index (χ1v) is 8.04. The van der Waals surface area contributed by atoms with Gasteiger partial charge in [0.15, 0.2) is 5.76 Å². The Kier molecular flexibility index (Phi) is 6.06. The van der Waals surface area contributed by atoms with Gasteiger partial charge in [0.2, 0.25) is 6.29 Å². The van der Waals surface area contributed by atoms with Crippen molar-refractivity contribution in [2.75, 3.05) is 20.3 Å². The third kappa shape index (κ3) is 3.77. The van der Waals surface area contributed by atoms with E-state index in [9.17, 15) is 4.79 Å². The van der Waals surface area contributed by atoms with E-state index in [2.05, 4.69) is 5.32 Å². The van der Waals surface area contributed by atoms with Crippen molar-refractivity contribution in [2.45, 2.75) is 45.3 Å². The van der Waals surface area contributed by atoms with Crippen LogP contribution in [-0.2, 0) is 14.3 Å². The number of nitrogens with one attached hydrogen (secondary N) is 1. The molecular weight excluding hydrogens is 270 g/mol. The summed E-state index contributed by atoms with van der Waals surface area (Å²) in [6.07, 6.45) is 6.87. The van der Waals surface area contributed by atoms with E-state index < -0.39 is 0 Å². The number of likely N-dealkylation sites (N-methyl/N-ethyl adjacent to an activating group) is 1. The van der Waals surface area contributed by atoms with E-state index in [1.807, 2.05) is 13.0 Å². The number of hydrogen-bond acceptors (Lipinski definition) is 4. The summed E-state index contributed by atoms with van der Waals surface area (Å²) in [5, 5.41) is 11.7. The number of ether oxygens (including phenoxy) is 2. The lowest BCUT2D eigenvalue weighted by molar-refractivity contribution is -0.178. The molecule has 0 spiro atoms. The number of hydrogen-bond donors (Lipinski definition) is 2. The molecular formula is C16H27NO4. The highest BCUT2D eigenvalue weighted by molar-refractivity contribution is 5.91. The molecule has 1 amide bonds. The van der Waals surface area contributed by atoms with Crippen LogP contribution in [0.25, 0.3) is 0 Å². The number of rotatable bonds is 7. The molecule has 0 radical (unpaired) electrons. The fraction of sp³-hybridized carbons (Fsp3) is 0.812. The van der Waals surface area contributed by atoms with Gasteiger partial charge in [0.1, 0.15) is 0 Å². The van der Waals surface area contributed by atoms with Crippen molar-refractivity contribution in [3.05, 3.63) is 11.8 Å². The normalized spacial score (nSPS) is 29.3. The fourth-order valence-corrected chi connectivity index (χ4v) is 3.27. The minimum Gasteiger partial charge on any atom is -0.459 e. The minimum atomic E-state index is -0.385. The molecule has 2 N–H and O–H groups in total. The zero-order chi connectivity index (χ0) is 15.2. The van der Waals surface area contributed by atoms with Gasteiger partial charge in [-0.15, -0.1) is 0 Å². The van der Waals surface area contributed by atoms with Gasteiger partial charge < -0.3 is 19.9 Å². The monoisotopic (exact) mass is 297 g/mol. The zero-order valence-corrected chi connectivity index (χ0v) is 13.0. The summed E-state index contributed by atoms with van der Waals surface area (Å²) in [6.45, 7) is 2.67. The molecule has 3 atom stereocenters. The predicted molar refractivity (Wildman–Crippen MR) is 79.3 cm³/mol. The number of carbonyl (C=O) groups is 1. The smallest absolute Gasteiger partial charge is 0.285 e. The van der Waals surface area contributed by atoms with Gasteiger partial charge in [-0.1, -0.05) is 6.42 Å². The number of carbonyl (C=O) groups excluding carboxylic acids is 1. The standard InChI is InChI=1S/C16H27NO4/c1-3-20-16-12(8-5-9-18)13(11-6-4-7-11)10-14(21-16)15(19)17-2/h10-13,16,18H,3-9H2,1-2H3,(H,17,19)/t12-,13+,16+/m0/s1. The van der Waals surface area contributed by atoms with Crippen LogP contribution < -0.4 is 5.32 Å². The van der Waals surface area contributed by atoms with Crippen molar-refractivity contribution in [1.82, 2.24) is 5.32 Å². The first-order chi connectivity index (χ1) is 10.2. The molecule has 1 aliphatic carbocycles. The highest BCUT2D eigenvalue weighted by atomic mass is 16.7. The van der Waals surface area contributed by atoms with Crippen LogP contribution in [0, 0.1) is 17.8 Å². The van der Waals surface area contributed by atoms with E-state index in [1.165, 1.54) is 19.3 Å². The minimum absolute atomic E-state index is 0.179.